The highest BCUT2D eigenvalue weighted by molar-refractivity contribution is 7.16. The first-order valence-electron chi connectivity index (χ1n) is 6.55. The van der Waals surface area contributed by atoms with Gasteiger partial charge in [-0.05, 0) is 32.3 Å². The van der Waals surface area contributed by atoms with Crippen molar-refractivity contribution < 1.29 is 9.53 Å². The lowest BCUT2D eigenvalue weighted by Gasteiger charge is -1.97. The van der Waals surface area contributed by atoms with E-state index >= 15 is 0 Å². The molecule has 0 aromatic carbocycles. The molecule has 104 valence electrons. The Morgan fingerprint density at radius 1 is 1.37 bits per heavy atom. The third-order valence-electron chi connectivity index (χ3n) is 2.87. The molecule has 0 aliphatic carbocycles. The average Bonchev–Trinajstić information content (AvgIpc) is 2.78. The largest absolute Gasteiger partial charge is 0.465 e. The van der Waals surface area contributed by atoms with Gasteiger partial charge in [-0.25, -0.2) is 4.79 Å². The van der Waals surface area contributed by atoms with Gasteiger partial charge in [-0.2, -0.15) is 0 Å². The van der Waals surface area contributed by atoms with Gasteiger partial charge in [0.25, 0.3) is 0 Å². The number of unbranched alkanes of at least 4 members (excludes halogenated alkanes) is 4. The van der Waals surface area contributed by atoms with Crippen molar-refractivity contribution in [2.24, 2.45) is 0 Å². The third kappa shape index (κ3) is 5.35. The van der Waals surface area contributed by atoms with Gasteiger partial charge in [-0.15, -0.1) is 23.2 Å². The van der Waals surface area contributed by atoms with E-state index in [0.717, 1.165) is 24.1 Å². The molecule has 1 aromatic rings. The number of hydrogen-bond acceptors (Lipinski definition) is 4. The lowest BCUT2D eigenvalue weighted by molar-refractivity contribution is 0.0602. The summed E-state index contributed by atoms with van der Waals surface area (Å²) < 4.78 is 4.69. The second-order valence-electron chi connectivity index (χ2n) is 4.32. The normalized spacial score (nSPS) is 9.79. The van der Waals surface area contributed by atoms with Gasteiger partial charge in [0.05, 0.1) is 12.7 Å². The standard InChI is InChI=1S/C15H21NO2S/c1-3-4-5-6-7-8-9-10-12-11-13(14(16)19-12)15(17)18-2/h11H,5-10,16H2,1-2H3. The topological polar surface area (TPSA) is 52.3 Å². The summed E-state index contributed by atoms with van der Waals surface area (Å²) >= 11 is 1.48. The first-order valence-corrected chi connectivity index (χ1v) is 7.36. The van der Waals surface area contributed by atoms with Gasteiger partial charge in [-0.3, -0.25) is 0 Å². The van der Waals surface area contributed by atoms with E-state index in [0.29, 0.717) is 10.6 Å². The van der Waals surface area contributed by atoms with Gasteiger partial charge in [0.1, 0.15) is 5.00 Å². The second-order valence-corrected chi connectivity index (χ2v) is 5.49. The molecule has 0 spiro atoms. The van der Waals surface area contributed by atoms with Crippen LogP contribution in [0.25, 0.3) is 0 Å². The van der Waals surface area contributed by atoms with Crippen molar-refractivity contribution in [2.45, 2.75) is 45.4 Å². The Balaban J connectivity index is 2.29. The Labute approximate surface area is 119 Å². The van der Waals surface area contributed by atoms with Crippen LogP contribution in [0.1, 0.15) is 54.3 Å². The minimum Gasteiger partial charge on any atom is -0.465 e. The monoisotopic (exact) mass is 279 g/mol. The predicted octanol–water partition coefficient (Wildman–Crippen LogP) is 3.63. The van der Waals surface area contributed by atoms with Crippen LogP contribution in [0.15, 0.2) is 6.07 Å². The summed E-state index contributed by atoms with van der Waals surface area (Å²) in [6.45, 7) is 1.88. The predicted molar refractivity (Wildman–Crippen MR) is 80.3 cm³/mol. The molecule has 1 rings (SSSR count). The summed E-state index contributed by atoms with van der Waals surface area (Å²) in [5, 5.41) is 0.556. The first kappa shape index (κ1) is 15.6. The van der Waals surface area contributed by atoms with Crippen LogP contribution in [0.5, 0.6) is 0 Å². The van der Waals surface area contributed by atoms with Gasteiger partial charge < -0.3 is 10.5 Å². The quantitative estimate of drug-likeness (QED) is 0.471. The van der Waals surface area contributed by atoms with Gasteiger partial charge in [0, 0.05) is 11.3 Å². The van der Waals surface area contributed by atoms with Crippen molar-refractivity contribution in [2.75, 3.05) is 12.8 Å². The smallest absolute Gasteiger partial charge is 0.340 e. The Morgan fingerprint density at radius 3 is 2.79 bits per heavy atom. The Bertz CT molecular complexity index is 468. The number of carbonyl (C=O) groups is 1. The number of nitrogen functional groups attached to an aromatic ring is 1. The molecule has 2 N–H and O–H groups in total. The molecule has 0 aliphatic heterocycles. The molecule has 0 fully saturated rings. The fraction of sp³-hybridized carbons (Fsp3) is 0.533. The van der Waals surface area contributed by atoms with E-state index in [9.17, 15) is 4.79 Å². The van der Waals surface area contributed by atoms with E-state index in [4.69, 9.17) is 5.73 Å². The van der Waals surface area contributed by atoms with Crippen LogP contribution in [0, 0.1) is 11.8 Å². The van der Waals surface area contributed by atoms with Crippen LogP contribution >= 0.6 is 11.3 Å². The summed E-state index contributed by atoms with van der Waals surface area (Å²) in [6.07, 6.45) is 6.66. The number of rotatable bonds is 7. The van der Waals surface area contributed by atoms with Crippen molar-refractivity contribution in [3.8, 4) is 11.8 Å². The molecule has 0 saturated heterocycles. The fourth-order valence-corrected chi connectivity index (χ4v) is 2.80. The zero-order chi connectivity index (χ0) is 14.1. The van der Waals surface area contributed by atoms with E-state index in [1.165, 1.54) is 37.7 Å². The highest BCUT2D eigenvalue weighted by Gasteiger charge is 2.13. The van der Waals surface area contributed by atoms with Crippen LogP contribution in [-0.2, 0) is 11.2 Å². The van der Waals surface area contributed by atoms with E-state index in [1.807, 2.05) is 13.0 Å². The molecule has 0 radical (unpaired) electrons. The van der Waals surface area contributed by atoms with Crippen molar-refractivity contribution in [3.63, 3.8) is 0 Å². The average molecular weight is 279 g/mol. The molecule has 0 atom stereocenters. The van der Waals surface area contributed by atoms with E-state index in [2.05, 4.69) is 16.6 Å². The van der Waals surface area contributed by atoms with Crippen LogP contribution in [-0.4, -0.2) is 13.1 Å². The number of ether oxygens (including phenoxy) is 1. The Hall–Kier alpha value is -1.47. The molecule has 3 nitrogen and oxygen atoms in total. The number of aryl methyl sites for hydroxylation is 1. The van der Waals surface area contributed by atoms with Crippen molar-refractivity contribution in [1.82, 2.24) is 0 Å². The molecule has 19 heavy (non-hydrogen) atoms. The third-order valence-corrected chi connectivity index (χ3v) is 3.89. The zero-order valence-electron chi connectivity index (χ0n) is 11.6. The Kier molecular flexibility index (Phi) is 7.06. The maximum absolute atomic E-state index is 11.4. The van der Waals surface area contributed by atoms with Crippen molar-refractivity contribution >= 4 is 22.3 Å². The summed E-state index contributed by atoms with van der Waals surface area (Å²) in [5.74, 6) is 5.63. The molecule has 1 aromatic heterocycles. The lowest BCUT2D eigenvalue weighted by atomic mass is 10.1. The fourth-order valence-electron chi connectivity index (χ4n) is 1.84. The number of nitrogens with two attached hydrogens (primary N) is 1. The summed E-state index contributed by atoms with van der Waals surface area (Å²) in [5.41, 5.74) is 6.31. The summed E-state index contributed by atoms with van der Waals surface area (Å²) in [4.78, 5) is 12.6. The second kappa shape index (κ2) is 8.60. The molecule has 0 amide bonds. The molecule has 0 unspecified atom stereocenters. The van der Waals surface area contributed by atoms with Gasteiger partial charge >= 0.3 is 5.97 Å². The summed E-state index contributed by atoms with van der Waals surface area (Å²) in [6, 6.07) is 1.86. The number of anilines is 1. The van der Waals surface area contributed by atoms with Gasteiger partial charge in [0.15, 0.2) is 0 Å². The molecular weight excluding hydrogens is 258 g/mol. The van der Waals surface area contributed by atoms with Crippen molar-refractivity contribution in [1.29, 1.82) is 0 Å². The maximum atomic E-state index is 11.4. The molecule has 4 heteroatoms. The molecule has 0 aliphatic rings. The maximum Gasteiger partial charge on any atom is 0.340 e. The summed E-state index contributed by atoms with van der Waals surface area (Å²) in [7, 11) is 1.37. The highest BCUT2D eigenvalue weighted by atomic mass is 32.1. The first-order chi connectivity index (χ1) is 9.19. The van der Waals surface area contributed by atoms with Crippen LogP contribution < -0.4 is 5.73 Å². The number of hydrogen-bond donors (Lipinski definition) is 1. The molecule has 0 bridgehead atoms. The van der Waals surface area contributed by atoms with E-state index in [1.54, 1.807) is 0 Å². The molecule has 0 saturated carbocycles. The molecule has 1 heterocycles. The zero-order valence-corrected chi connectivity index (χ0v) is 12.4. The Morgan fingerprint density at radius 2 is 2.11 bits per heavy atom. The van der Waals surface area contributed by atoms with E-state index in [-0.39, 0.29) is 5.97 Å². The van der Waals surface area contributed by atoms with Gasteiger partial charge in [0.2, 0.25) is 0 Å². The number of methoxy groups -OCH3 is 1. The van der Waals surface area contributed by atoms with Crippen LogP contribution in [0.3, 0.4) is 0 Å². The highest BCUT2D eigenvalue weighted by Crippen LogP contribution is 2.27. The van der Waals surface area contributed by atoms with Crippen molar-refractivity contribution in [3.05, 3.63) is 16.5 Å². The SMILES string of the molecule is CC#CCCCCCCc1cc(C(=O)OC)c(N)s1. The van der Waals surface area contributed by atoms with Crippen LogP contribution in [0.2, 0.25) is 0 Å². The molecular formula is C15H21NO2S. The lowest BCUT2D eigenvalue weighted by Crippen LogP contribution is -2.01. The van der Waals surface area contributed by atoms with Gasteiger partial charge in [-0.1, -0.05) is 12.8 Å². The van der Waals surface area contributed by atoms with Crippen LogP contribution in [0.4, 0.5) is 5.00 Å². The minimum atomic E-state index is -0.349. The number of carbonyl (C=O) groups excluding carboxylic acids is 1. The minimum absolute atomic E-state index is 0.349. The van der Waals surface area contributed by atoms with E-state index < -0.39 is 0 Å². The number of esters is 1. The number of thiophene rings is 1.